The van der Waals surface area contributed by atoms with Crippen LogP contribution in [0.5, 0.6) is 0 Å². The van der Waals surface area contributed by atoms with Crippen molar-refractivity contribution < 1.29 is 18.8 Å². The zero-order valence-corrected chi connectivity index (χ0v) is 14.6. The molecule has 2 aliphatic heterocycles. The molecule has 0 aromatic carbocycles. The smallest absolute Gasteiger partial charge is 0.315 e. The summed E-state index contributed by atoms with van der Waals surface area (Å²) in [6, 6.07) is 0. The maximum Gasteiger partial charge on any atom is 0.315 e. The van der Waals surface area contributed by atoms with E-state index in [1.165, 1.54) is 6.42 Å². The molecule has 2 saturated heterocycles. The van der Waals surface area contributed by atoms with Crippen LogP contribution in [0.15, 0.2) is 0 Å². The summed E-state index contributed by atoms with van der Waals surface area (Å²) in [5.41, 5.74) is -0.348. The highest BCUT2D eigenvalue weighted by molar-refractivity contribution is 5.77. The number of quaternary nitrogens is 1. The van der Waals surface area contributed by atoms with Gasteiger partial charge >= 0.3 is 5.97 Å². The fourth-order valence-electron chi connectivity index (χ4n) is 5.85. The van der Waals surface area contributed by atoms with E-state index in [-0.39, 0.29) is 29.2 Å². The number of esters is 1. The summed E-state index contributed by atoms with van der Waals surface area (Å²) in [5.74, 6) is 1.57. The summed E-state index contributed by atoms with van der Waals surface area (Å²) in [7, 11) is 6.50. The lowest BCUT2D eigenvalue weighted by atomic mass is 9.55. The van der Waals surface area contributed by atoms with Gasteiger partial charge in [-0.3, -0.25) is 4.79 Å². The van der Waals surface area contributed by atoms with Gasteiger partial charge < -0.3 is 14.0 Å². The summed E-state index contributed by atoms with van der Waals surface area (Å²) >= 11 is 0. The first-order valence-electron chi connectivity index (χ1n) is 8.88. The van der Waals surface area contributed by atoms with Crippen molar-refractivity contribution in [2.45, 2.75) is 56.8 Å². The van der Waals surface area contributed by atoms with E-state index < -0.39 is 0 Å². The highest BCUT2D eigenvalue weighted by atomic mass is 16.7. The number of epoxide rings is 1. The second kappa shape index (κ2) is 4.27. The molecular weight excluding hydrogens is 278 g/mol. The number of carbonyl (C=O) groups excluding carboxylic acids is 1. The molecule has 124 valence electrons. The molecule has 0 bridgehead atoms. The van der Waals surface area contributed by atoms with Crippen molar-refractivity contribution >= 4 is 5.97 Å². The van der Waals surface area contributed by atoms with Gasteiger partial charge in [-0.15, -0.1) is 0 Å². The van der Waals surface area contributed by atoms with E-state index in [0.717, 1.165) is 30.3 Å². The van der Waals surface area contributed by atoms with Crippen LogP contribution in [0.4, 0.5) is 0 Å². The van der Waals surface area contributed by atoms with Gasteiger partial charge in [-0.25, -0.2) is 0 Å². The van der Waals surface area contributed by atoms with Crippen molar-refractivity contribution in [3.05, 3.63) is 0 Å². The molecule has 2 aliphatic carbocycles. The van der Waals surface area contributed by atoms with Gasteiger partial charge in [-0.2, -0.15) is 0 Å². The van der Waals surface area contributed by atoms with Crippen LogP contribution in [-0.2, 0) is 14.3 Å². The Morgan fingerprint density at radius 2 is 1.91 bits per heavy atom. The van der Waals surface area contributed by atoms with Crippen LogP contribution in [0.3, 0.4) is 0 Å². The number of nitrogens with zero attached hydrogens (tertiary/aromatic N) is 1. The van der Waals surface area contributed by atoms with Gasteiger partial charge in [0.2, 0.25) is 0 Å². The number of fused-ring (bicyclic) bond motifs is 1. The standard InChI is InChI=1S/C18H30NO3/c1-11-6-7-14-12(10-19(3,4)5)15(20)21-18(14)13(11)8-9-17(2)16(18)22-17/h11-14,16H,6-10H2,1-5H3/q+1. The van der Waals surface area contributed by atoms with Crippen LogP contribution in [0.2, 0.25) is 0 Å². The highest BCUT2D eigenvalue weighted by Crippen LogP contribution is 2.66. The van der Waals surface area contributed by atoms with E-state index in [0.29, 0.717) is 17.8 Å². The van der Waals surface area contributed by atoms with Crippen molar-refractivity contribution in [3.8, 4) is 0 Å². The van der Waals surface area contributed by atoms with E-state index in [9.17, 15) is 4.79 Å². The molecule has 4 aliphatic rings. The molecule has 0 amide bonds. The first-order valence-corrected chi connectivity index (χ1v) is 8.88. The van der Waals surface area contributed by atoms with Gasteiger partial charge in [0, 0.05) is 11.8 Å². The summed E-state index contributed by atoms with van der Waals surface area (Å²) < 4.78 is 13.2. The maximum absolute atomic E-state index is 12.8. The topological polar surface area (TPSA) is 38.8 Å². The third-order valence-corrected chi connectivity index (χ3v) is 6.84. The molecule has 4 heteroatoms. The molecule has 4 rings (SSSR count). The van der Waals surface area contributed by atoms with Crippen LogP contribution in [0, 0.1) is 23.7 Å². The Balaban J connectivity index is 1.72. The van der Waals surface area contributed by atoms with Gasteiger partial charge in [0.15, 0.2) is 0 Å². The lowest BCUT2D eigenvalue weighted by molar-refractivity contribution is -0.873. The van der Waals surface area contributed by atoms with Crippen molar-refractivity contribution in [1.82, 2.24) is 0 Å². The second-order valence-electron chi connectivity index (χ2n) is 9.47. The molecule has 4 fully saturated rings. The van der Waals surface area contributed by atoms with Gasteiger partial charge in [0.1, 0.15) is 17.6 Å². The Morgan fingerprint density at radius 1 is 1.18 bits per heavy atom. The summed E-state index contributed by atoms with van der Waals surface area (Å²) in [6.07, 6.45) is 4.76. The second-order valence-corrected chi connectivity index (χ2v) is 9.47. The van der Waals surface area contributed by atoms with E-state index in [4.69, 9.17) is 9.47 Å². The lowest BCUT2D eigenvalue weighted by Gasteiger charge is -2.50. The first kappa shape index (κ1) is 14.9. The number of hydrogen-bond acceptors (Lipinski definition) is 3. The van der Waals surface area contributed by atoms with Crippen molar-refractivity contribution in [1.29, 1.82) is 0 Å². The quantitative estimate of drug-likeness (QED) is 0.446. The normalized spacial score (nSPS) is 53.3. The third kappa shape index (κ3) is 1.86. The number of ether oxygens (including phenoxy) is 2. The number of hydrogen-bond donors (Lipinski definition) is 0. The Morgan fingerprint density at radius 3 is 2.59 bits per heavy atom. The monoisotopic (exact) mass is 308 g/mol. The first-order chi connectivity index (χ1) is 10.2. The molecule has 1 spiro atoms. The van der Waals surface area contributed by atoms with E-state index >= 15 is 0 Å². The van der Waals surface area contributed by atoms with Gasteiger partial charge in [0.05, 0.1) is 33.3 Å². The minimum Gasteiger partial charge on any atom is -0.455 e. The summed E-state index contributed by atoms with van der Waals surface area (Å²) in [6.45, 7) is 5.42. The minimum atomic E-state index is -0.318. The Kier molecular flexibility index (Phi) is 2.90. The molecule has 0 aromatic rings. The van der Waals surface area contributed by atoms with Gasteiger partial charge in [-0.05, 0) is 38.5 Å². The fraction of sp³-hybridized carbons (Fsp3) is 0.944. The van der Waals surface area contributed by atoms with E-state index in [1.54, 1.807) is 0 Å². The Bertz CT molecular complexity index is 513. The van der Waals surface area contributed by atoms with Crippen molar-refractivity contribution in [2.24, 2.45) is 23.7 Å². The number of rotatable bonds is 2. The molecular formula is C18H30NO3+. The molecule has 7 unspecified atom stereocenters. The lowest BCUT2D eigenvalue weighted by Crippen LogP contribution is -2.58. The van der Waals surface area contributed by atoms with Crippen LogP contribution >= 0.6 is 0 Å². The van der Waals surface area contributed by atoms with Gasteiger partial charge in [-0.1, -0.05) is 6.92 Å². The third-order valence-electron chi connectivity index (χ3n) is 6.84. The van der Waals surface area contributed by atoms with E-state index in [2.05, 4.69) is 35.0 Å². The van der Waals surface area contributed by atoms with Crippen molar-refractivity contribution in [2.75, 3.05) is 27.7 Å². The van der Waals surface area contributed by atoms with Crippen LogP contribution in [0.1, 0.15) is 39.5 Å². The predicted molar refractivity (Wildman–Crippen MR) is 83.1 cm³/mol. The molecule has 0 aromatic heterocycles. The van der Waals surface area contributed by atoms with Crippen LogP contribution in [0.25, 0.3) is 0 Å². The van der Waals surface area contributed by atoms with Crippen molar-refractivity contribution in [3.63, 3.8) is 0 Å². The largest absolute Gasteiger partial charge is 0.455 e. The maximum atomic E-state index is 12.8. The molecule has 22 heavy (non-hydrogen) atoms. The molecule has 4 nitrogen and oxygen atoms in total. The molecule has 2 heterocycles. The highest BCUT2D eigenvalue weighted by Gasteiger charge is 2.77. The zero-order valence-electron chi connectivity index (χ0n) is 14.6. The number of carbonyl (C=O) groups is 1. The van der Waals surface area contributed by atoms with Crippen LogP contribution in [-0.4, -0.2) is 55.4 Å². The van der Waals surface area contributed by atoms with Crippen LogP contribution < -0.4 is 0 Å². The summed E-state index contributed by atoms with van der Waals surface area (Å²) in [4.78, 5) is 12.8. The molecule has 0 N–H and O–H groups in total. The fourth-order valence-corrected chi connectivity index (χ4v) is 5.85. The average molecular weight is 308 g/mol. The molecule has 0 radical (unpaired) electrons. The summed E-state index contributed by atoms with van der Waals surface area (Å²) in [5, 5.41) is 0. The minimum absolute atomic E-state index is 0.0302. The zero-order chi connectivity index (χ0) is 15.9. The predicted octanol–water partition coefficient (Wildman–Crippen LogP) is 2.22. The SMILES string of the molecule is CC1CCC2C(C[N+](C)(C)C)C(=O)OC23C1CCC1(C)OC13. The Labute approximate surface area is 133 Å². The molecule has 7 atom stereocenters. The van der Waals surface area contributed by atoms with Gasteiger partial charge in [0.25, 0.3) is 0 Å². The van der Waals surface area contributed by atoms with E-state index in [1.807, 2.05) is 0 Å². The Hall–Kier alpha value is -0.610. The molecule has 2 saturated carbocycles. The average Bonchev–Trinajstić information content (AvgIpc) is 3.02.